The third-order valence-corrected chi connectivity index (χ3v) is 2.31. The molecule has 1 aromatic rings. The topological polar surface area (TPSA) is 79.7 Å². The van der Waals surface area contributed by atoms with E-state index in [0.29, 0.717) is 13.0 Å². The lowest BCUT2D eigenvalue weighted by Gasteiger charge is -2.16. The summed E-state index contributed by atoms with van der Waals surface area (Å²) in [5.74, 6) is -1.33. The van der Waals surface area contributed by atoms with Gasteiger partial charge in [0.1, 0.15) is 13.2 Å². The summed E-state index contributed by atoms with van der Waals surface area (Å²) < 4.78 is 4.72. The number of hydrogen-bond donors (Lipinski definition) is 1. The lowest BCUT2D eigenvalue weighted by molar-refractivity contribution is -0.145. The van der Waals surface area contributed by atoms with Crippen molar-refractivity contribution in [3.63, 3.8) is 0 Å². The summed E-state index contributed by atoms with van der Waals surface area (Å²) in [5, 5.41) is 8.36. The second-order valence-corrected chi connectivity index (χ2v) is 3.77. The number of rotatable bonds is 7. The van der Waals surface area contributed by atoms with Gasteiger partial charge in [0, 0.05) is 31.9 Å². The first-order valence-electron chi connectivity index (χ1n) is 5.53. The molecular weight excluding hydrogens is 236 g/mol. The van der Waals surface area contributed by atoms with Crippen molar-refractivity contribution in [1.82, 2.24) is 9.88 Å². The molecule has 0 fully saturated rings. The van der Waals surface area contributed by atoms with E-state index in [1.165, 1.54) is 4.90 Å². The molecular formula is C12H16N2O4. The Hall–Kier alpha value is -1.95. The first-order valence-corrected chi connectivity index (χ1v) is 5.53. The number of aromatic nitrogens is 1. The van der Waals surface area contributed by atoms with Gasteiger partial charge < -0.3 is 14.7 Å². The number of nitrogens with zero attached hydrogens (tertiary/aromatic N) is 2. The lowest BCUT2D eigenvalue weighted by atomic mass is 10.2. The number of aliphatic carboxylic acids is 1. The van der Waals surface area contributed by atoms with Crippen molar-refractivity contribution < 1.29 is 19.4 Å². The molecule has 0 saturated carbocycles. The highest BCUT2D eigenvalue weighted by Gasteiger charge is 2.09. The lowest BCUT2D eigenvalue weighted by Crippen LogP contribution is -2.32. The van der Waals surface area contributed by atoms with Crippen LogP contribution in [0.4, 0.5) is 0 Å². The second-order valence-electron chi connectivity index (χ2n) is 3.77. The van der Waals surface area contributed by atoms with Gasteiger partial charge in [-0.15, -0.1) is 0 Å². The number of ether oxygens (including phenoxy) is 1. The van der Waals surface area contributed by atoms with E-state index in [1.807, 2.05) is 18.2 Å². The molecule has 1 amide bonds. The van der Waals surface area contributed by atoms with E-state index in [1.54, 1.807) is 13.2 Å². The SMILES string of the molecule is CN(CCc1ccccn1)C(=O)COCC(=O)O. The summed E-state index contributed by atoms with van der Waals surface area (Å²) in [4.78, 5) is 27.4. The van der Waals surface area contributed by atoms with Crippen molar-refractivity contribution >= 4 is 11.9 Å². The predicted octanol–water partition coefficient (Wildman–Crippen LogP) is 0.184. The number of carboxylic acids is 1. The van der Waals surface area contributed by atoms with Crippen molar-refractivity contribution in [1.29, 1.82) is 0 Å². The second kappa shape index (κ2) is 7.39. The normalized spacial score (nSPS) is 10.1. The molecule has 0 aliphatic carbocycles. The maximum atomic E-state index is 11.5. The minimum Gasteiger partial charge on any atom is -0.480 e. The van der Waals surface area contributed by atoms with Gasteiger partial charge in [0.25, 0.3) is 0 Å². The molecule has 18 heavy (non-hydrogen) atoms. The fraction of sp³-hybridized carbons (Fsp3) is 0.417. The van der Waals surface area contributed by atoms with Crippen LogP contribution in [0.1, 0.15) is 5.69 Å². The number of carbonyl (C=O) groups excluding carboxylic acids is 1. The Morgan fingerprint density at radius 3 is 2.78 bits per heavy atom. The maximum absolute atomic E-state index is 11.5. The van der Waals surface area contributed by atoms with Gasteiger partial charge in [-0.05, 0) is 12.1 Å². The third kappa shape index (κ3) is 5.40. The number of pyridine rings is 1. The standard InChI is InChI=1S/C12H16N2O4/c1-14(11(15)8-18-9-12(16)17)7-5-10-4-2-3-6-13-10/h2-4,6H,5,7-9H2,1H3,(H,16,17). The van der Waals surface area contributed by atoms with Crippen molar-refractivity contribution in [2.24, 2.45) is 0 Å². The van der Waals surface area contributed by atoms with Crippen LogP contribution in [-0.2, 0) is 20.7 Å². The van der Waals surface area contributed by atoms with Crippen LogP contribution >= 0.6 is 0 Å². The molecule has 0 aromatic carbocycles. The average molecular weight is 252 g/mol. The highest BCUT2D eigenvalue weighted by atomic mass is 16.5. The Morgan fingerprint density at radius 2 is 2.17 bits per heavy atom. The summed E-state index contributed by atoms with van der Waals surface area (Å²) >= 11 is 0. The first-order chi connectivity index (χ1) is 8.59. The average Bonchev–Trinajstić information content (AvgIpc) is 2.36. The highest BCUT2D eigenvalue weighted by molar-refractivity contribution is 5.77. The van der Waals surface area contributed by atoms with Crippen molar-refractivity contribution in [2.75, 3.05) is 26.8 Å². The molecule has 0 aliphatic rings. The quantitative estimate of drug-likeness (QED) is 0.749. The smallest absolute Gasteiger partial charge is 0.329 e. The van der Waals surface area contributed by atoms with E-state index in [2.05, 4.69) is 4.98 Å². The molecule has 0 radical (unpaired) electrons. The van der Waals surface area contributed by atoms with Crippen molar-refractivity contribution in [3.05, 3.63) is 30.1 Å². The van der Waals surface area contributed by atoms with Crippen LogP contribution in [-0.4, -0.2) is 53.7 Å². The molecule has 98 valence electrons. The fourth-order valence-electron chi connectivity index (χ4n) is 1.29. The minimum atomic E-state index is -1.08. The largest absolute Gasteiger partial charge is 0.480 e. The van der Waals surface area contributed by atoms with Crippen LogP contribution in [0.3, 0.4) is 0 Å². The molecule has 0 atom stereocenters. The highest BCUT2D eigenvalue weighted by Crippen LogP contribution is 1.97. The van der Waals surface area contributed by atoms with Crippen LogP contribution in [0.15, 0.2) is 24.4 Å². The molecule has 0 aliphatic heterocycles. The zero-order valence-electron chi connectivity index (χ0n) is 10.2. The van der Waals surface area contributed by atoms with E-state index in [4.69, 9.17) is 9.84 Å². The zero-order chi connectivity index (χ0) is 13.4. The van der Waals surface area contributed by atoms with Gasteiger partial charge in [-0.3, -0.25) is 9.78 Å². The Morgan fingerprint density at radius 1 is 1.39 bits per heavy atom. The molecule has 1 N–H and O–H groups in total. The van der Waals surface area contributed by atoms with Gasteiger partial charge in [-0.25, -0.2) is 4.79 Å². The molecule has 1 rings (SSSR count). The van der Waals surface area contributed by atoms with Crippen LogP contribution < -0.4 is 0 Å². The summed E-state index contributed by atoms with van der Waals surface area (Å²) in [7, 11) is 1.65. The third-order valence-electron chi connectivity index (χ3n) is 2.31. The monoisotopic (exact) mass is 252 g/mol. The minimum absolute atomic E-state index is 0.217. The van der Waals surface area contributed by atoms with E-state index in [9.17, 15) is 9.59 Å². The Kier molecular flexibility index (Phi) is 5.79. The van der Waals surface area contributed by atoms with E-state index < -0.39 is 12.6 Å². The van der Waals surface area contributed by atoms with Gasteiger partial charge in [0.05, 0.1) is 0 Å². The first kappa shape index (κ1) is 14.1. The molecule has 0 saturated heterocycles. The van der Waals surface area contributed by atoms with E-state index in [0.717, 1.165) is 5.69 Å². The number of likely N-dealkylation sites (N-methyl/N-ethyl adjacent to an activating group) is 1. The summed E-state index contributed by atoms with van der Waals surface area (Å²) in [6.45, 7) is -0.156. The molecule has 6 nitrogen and oxygen atoms in total. The molecule has 1 heterocycles. The Labute approximate surface area is 105 Å². The van der Waals surface area contributed by atoms with Gasteiger partial charge >= 0.3 is 5.97 Å². The fourth-order valence-corrected chi connectivity index (χ4v) is 1.29. The zero-order valence-corrected chi connectivity index (χ0v) is 10.2. The molecule has 0 bridgehead atoms. The van der Waals surface area contributed by atoms with Crippen LogP contribution in [0.5, 0.6) is 0 Å². The van der Waals surface area contributed by atoms with E-state index in [-0.39, 0.29) is 12.5 Å². The number of hydrogen-bond acceptors (Lipinski definition) is 4. The predicted molar refractivity (Wildman–Crippen MR) is 64.0 cm³/mol. The molecule has 0 spiro atoms. The van der Waals surface area contributed by atoms with E-state index >= 15 is 0 Å². The van der Waals surface area contributed by atoms with Gasteiger partial charge in [-0.1, -0.05) is 6.07 Å². The number of carboxylic acid groups (broad SMARTS) is 1. The van der Waals surface area contributed by atoms with Crippen molar-refractivity contribution in [2.45, 2.75) is 6.42 Å². The van der Waals surface area contributed by atoms with Crippen LogP contribution in [0, 0.1) is 0 Å². The molecule has 0 unspecified atom stereocenters. The Balaban J connectivity index is 2.25. The van der Waals surface area contributed by atoms with Gasteiger partial charge in [0.15, 0.2) is 0 Å². The Bertz CT molecular complexity index is 394. The summed E-state index contributed by atoms with van der Waals surface area (Å²) in [6.07, 6.45) is 2.36. The maximum Gasteiger partial charge on any atom is 0.329 e. The van der Waals surface area contributed by atoms with Crippen LogP contribution in [0.25, 0.3) is 0 Å². The summed E-state index contributed by atoms with van der Waals surface area (Å²) in [6, 6.07) is 5.61. The molecule has 6 heteroatoms. The number of amides is 1. The summed E-state index contributed by atoms with van der Waals surface area (Å²) in [5.41, 5.74) is 0.906. The molecule has 1 aromatic heterocycles. The van der Waals surface area contributed by atoms with Gasteiger partial charge in [-0.2, -0.15) is 0 Å². The van der Waals surface area contributed by atoms with Crippen LogP contribution in [0.2, 0.25) is 0 Å². The van der Waals surface area contributed by atoms with Crippen molar-refractivity contribution in [3.8, 4) is 0 Å². The van der Waals surface area contributed by atoms with Gasteiger partial charge in [0.2, 0.25) is 5.91 Å². The number of carbonyl (C=O) groups is 2.